The predicted molar refractivity (Wildman–Crippen MR) is 56.0 cm³/mol. The van der Waals surface area contributed by atoms with E-state index in [1.165, 1.54) is 12.8 Å². The molecule has 3 heteroatoms. The summed E-state index contributed by atoms with van der Waals surface area (Å²) in [6.45, 7) is 5.87. The van der Waals surface area contributed by atoms with Gasteiger partial charge < -0.3 is 0 Å². The fourth-order valence-electron chi connectivity index (χ4n) is 1.61. The number of nitrogens with zero attached hydrogens (tertiary/aromatic N) is 3. The zero-order valence-electron chi connectivity index (χ0n) is 9.32. The molecule has 0 amide bonds. The summed E-state index contributed by atoms with van der Waals surface area (Å²) in [5.74, 6) is 0.838. The van der Waals surface area contributed by atoms with Crippen molar-refractivity contribution in [2.24, 2.45) is 16.1 Å². The highest BCUT2D eigenvalue weighted by molar-refractivity contribution is 4.99. The number of nitriles is 1. The molecular weight excluding hydrogens is 174 g/mol. The molecule has 0 radical (unpaired) electrons. The second-order valence-electron chi connectivity index (χ2n) is 4.80. The van der Waals surface area contributed by atoms with Gasteiger partial charge in [0.25, 0.3) is 0 Å². The molecule has 0 aromatic heterocycles. The first kappa shape index (κ1) is 11.2. The van der Waals surface area contributed by atoms with Crippen LogP contribution in [-0.2, 0) is 0 Å². The molecule has 0 heterocycles. The Bertz CT molecular complexity index is 242. The molecule has 1 fully saturated rings. The molecule has 0 aromatic carbocycles. The van der Waals surface area contributed by atoms with Crippen LogP contribution in [0.4, 0.5) is 0 Å². The van der Waals surface area contributed by atoms with Gasteiger partial charge in [-0.1, -0.05) is 6.92 Å². The Kier molecular flexibility index (Phi) is 3.62. The smallest absolute Gasteiger partial charge is 0.161 e. The molecule has 0 spiro atoms. The Labute approximate surface area is 86.2 Å². The summed E-state index contributed by atoms with van der Waals surface area (Å²) in [7, 11) is 0. The molecule has 1 aliphatic carbocycles. The van der Waals surface area contributed by atoms with Crippen LogP contribution in [0.5, 0.6) is 0 Å². The Morgan fingerprint density at radius 3 is 2.29 bits per heavy atom. The fraction of sp³-hybridized carbons (Fsp3) is 0.909. The number of azo groups is 1. The van der Waals surface area contributed by atoms with Crippen molar-refractivity contribution in [2.45, 2.75) is 58.0 Å². The minimum atomic E-state index is -0.650. The second kappa shape index (κ2) is 4.54. The van der Waals surface area contributed by atoms with Crippen molar-refractivity contribution in [3.8, 4) is 6.07 Å². The zero-order chi connectivity index (χ0) is 10.6. The normalized spacial score (nSPS) is 29.0. The maximum Gasteiger partial charge on any atom is 0.161 e. The monoisotopic (exact) mass is 193 g/mol. The highest BCUT2D eigenvalue weighted by atomic mass is 15.2. The molecule has 3 nitrogen and oxygen atoms in total. The van der Waals surface area contributed by atoms with E-state index in [2.05, 4.69) is 23.2 Å². The molecule has 0 aliphatic heterocycles. The van der Waals surface area contributed by atoms with Crippen molar-refractivity contribution in [3.63, 3.8) is 0 Å². The standard InChI is InChI=1S/C11H19N3/c1-9-4-6-10(7-5-9)13-14-11(2,3)8-12/h9-10H,4-7H2,1-3H3. The highest BCUT2D eigenvalue weighted by Gasteiger charge is 2.20. The van der Waals surface area contributed by atoms with Crippen molar-refractivity contribution in [1.82, 2.24) is 0 Å². The average molecular weight is 193 g/mol. The quantitative estimate of drug-likeness (QED) is 0.620. The third-order valence-electron chi connectivity index (χ3n) is 2.73. The van der Waals surface area contributed by atoms with E-state index in [9.17, 15) is 0 Å². The van der Waals surface area contributed by atoms with E-state index in [1.54, 1.807) is 13.8 Å². The average Bonchev–Trinajstić information content (AvgIpc) is 2.17. The van der Waals surface area contributed by atoms with Crippen LogP contribution in [-0.4, -0.2) is 11.6 Å². The second-order valence-corrected chi connectivity index (χ2v) is 4.80. The van der Waals surface area contributed by atoms with Crippen LogP contribution < -0.4 is 0 Å². The molecule has 1 rings (SSSR count). The Balaban J connectivity index is 2.42. The van der Waals surface area contributed by atoms with Crippen molar-refractivity contribution in [1.29, 1.82) is 5.26 Å². The molecule has 0 N–H and O–H groups in total. The van der Waals surface area contributed by atoms with Crippen LogP contribution in [0, 0.1) is 17.2 Å². The van der Waals surface area contributed by atoms with Crippen molar-refractivity contribution in [2.75, 3.05) is 0 Å². The van der Waals surface area contributed by atoms with Crippen molar-refractivity contribution in [3.05, 3.63) is 0 Å². The van der Waals surface area contributed by atoms with Crippen LogP contribution in [0.25, 0.3) is 0 Å². The third-order valence-corrected chi connectivity index (χ3v) is 2.73. The molecule has 1 aliphatic rings. The van der Waals surface area contributed by atoms with Crippen molar-refractivity contribution < 1.29 is 0 Å². The summed E-state index contributed by atoms with van der Waals surface area (Å²) < 4.78 is 0. The van der Waals surface area contributed by atoms with Crippen molar-refractivity contribution >= 4 is 0 Å². The minimum absolute atomic E-state index is 0.360. The topological polar surface area (TPSA) is 48.5 Å². The van der Waals surface area contributed by atoms with E-state index in [1.807, 2.05) is 0 Å². The van der Waals surface area contributed by atoms with E-state index in [0.29, 0.717) is 6.04 Å². The number of hydrogen-bond acceptors (Lipinski definition) is 3. The minimum Gasteiger partial charge on any atom is -0.196 e. The maximum atomic E-state index is 8.76. The summed E-state index contributed by atoms with van der Waals surface area (Å²) in [6.07, 6.45) is 4.76. The van der Waals surface area contributed by atoms with E-state index >= 15 is 0 Å². The van der Waals surface area contributed by atoms with Gasteiger partial charge in [0, 0.05) is 0 Å². The van der Waals surface area contributed by atoms with E-state index in [4.69, 9.17) is 5.26 Å². The van der Waals surface area contributed by atoms with Crippen LogP contribution >= 0.6 is 0 Å². The third kappa shape index (κ3) is 3.45. The predicted octanol–water partition coefficient (Wildman–Crippen LogP) is 3.32. The molecule has 14 heavy (non-hydrogen) atoms. The lowest BCUT2D eigenvalue weighted by molar-refractivity contribution is 0.337. The summed E-state index contributed by atoms with van der Waals surface area (Å²) in [6, 6.07) is 2.49. The molecule has 78 valence electrons. The lowest BCUT2D eigenvalue weighted by Crippen LogP contribution is -2.17. The van der Waals surface area contributed by atoms with Gasteiger partial charge in [-0.2, -0.15) is 15.5 Å². The van der Waals surface area contributed by atoms with Gasteiger partial charge in [0.2, 0.25) is 0 Å². The summed E-state index contributed by atoms with van der Waals surface area (Å²) in [4.78, 5) is 0. The van der Waals surface area contributed by atoms with Gasteiger partial charge >= 0.3 is 0 Å². The summed E-state index contributed by atoms with van der Waals surface area (Å²) in [5, 5.41) is 17.1. The lowest BCUT2D eigenvalue weighted by Gasteiger charge is -2.22. The molecule has 0 saturated heterocycles. The number of hydrogen-bond donors (Lipinski definition) is 0. The van der Waals surface area contributed by atoms with Gasteiger partial charge in [0.15, 0.2) is 5.54 Å². The van der Waals surface area contributed by atoms with Gasteiger partial charge in [-0.05, 0) is 45.4 Å². The van der Waals surface area contributed by atoms with Crippen LogP contribution in [0.15, 0.2) is 10.2 Å². The fourth-order valence-corrected chi connectivity index (χ4v) is 1.61. The van der Waals surface area contributed by atoms with E-state index in [-0.39, 0.29) is 0 Å². The van der Waals surface area contributed by atoms with Gasteiger partial charge in [-0.25, -0.2) is 0 Å². The Morgan fingerprint density at radius 2 is 1.79 bits per heavy atom. The zero-order valence-corrected chi connectivity index (χ0v) is 9.32. The van der Waals surface area contributed by atoms with E-state index in [0.717, 1.165) is 18.8 Å². The Hall–Kier alpha value is -0.910. The highest BCUT2D eigenvalue weighted by Crippen LogP contribution is 2.26. The molecule has 0 unspecified atom stereocenters. The summed E-state index contributed by atoms with van der Waals surface area (Å²) >= 11 is 0. The molecule has 1 saturated carbocycles. The maximum absolute atomic E-state index is 8.76. The molecule has 0 bridgehead atoms. The van der Waals surface area contributed by atoms with Crippen LogP contribution in [0.1, 0.15) is 46.5 Å². The van der Waals surface area contributed by atoms with Crippen LogP contribution in [0.3, 0.4) is 0 Å². The first-order chi connectivity index (χ1) is 6.53. The lowest BCUT2D eigenvalue weighted by atomic mass is 9.88. The first-order valence-corrected chi connectivity index (χ1v) is 5.37. The summed E-state index contributed by atoms with van der Waals surface area (Å²) in [5.41, 5.74) is -0.650. The first-order valence-electron chi connectivity index (χ1n) is 5.37. The molecule has 0 aromatic rings. The SMILES string of the molecule is CC1CCC(N=NC(C)(C)C#N)CC1. The Morgan fingerprint density at radius 1 is 1.21 bits per heavy atom. The van der Waals surface area contributed by atoms with Gasteiger partial charge in [-0.3, -0.25) is 0 Å². The largest absolute Gasteiger partial charge is 0.196 e. The van der Waals surface area contributed by atoms with E-state index < -0.39 is 5.54 Å². The van der Waals surface area contributed by atoms with Gasteiger partial charge in [0.1, 0.15) is 0 Å². The molecule has 0 atom stereocenters. The van der Waals surface area contributed by atoms with Gasteiger partial charge in [0.05, 0.1) is 12.1 Å². The number of rotatable bonds is 2. The van der Waals surface area contributed by atoms with Gasteiger partial charge in [-0.15, -0.1) is 0 Å². The van der Waals surface area contributed by atoms with Crippen LogP contribution in [0.2, 0.25) is 0 Å². The molecular formula is C11H19N3.